The number of allylic oxidation sites excluding steroid dienone is 4. The zero-order chi connectivity index (χ0) is 17.3. The van der Waals surface area contributed by atoms with Gasteiger partial charge in [-0.3, -0.25) is 0 Å². The third kappa shape index (κ3) is 2.90. The highest BCUT2D eigenvalue weighted by molar-refractivity contribution is 5.53. The van der Waals surface area contributed by atoms with E-state index in [9.17, 15) is 4.39 Å². The number of benzene rings is 2. The van der Waals surface area contributed by atoms with Gasteiger partial charge in [0.15, 0.2) is 0 Å². The van der Waals surface area contributed by atoms with Crippen LogP contribution < -0.4 is 0 Å². The van der Waals surface area contributed by atoms with Crippen LogP contribution in [0.2, 0.25) is 0 Å². The second-order valence-electron chi connectivity index (χ2n) is 6.95. The zero-order valence-corrected chi connectivity index (χ0v) is 14.6. The van der Waals surface area contributed by atoms with Crippen molar-refractivity contribution in [3.8, 4) is 0 Å². The number of ether oxygens (including phenoxy) is 1. The molecule has 0 amide bonds. The van der Waals surface area contributed by atoms with Crippen LogP contribution >= 0.6 is 0 Å². The van der Waals surface area contributed by atoms with E-state index in [0.717, 1.165) is 37.0 Å². The fourth-order valence-corrected chi connectivity index (χ4v) is 4.36. The molecular weight excluding hydrogens is 311 g/mol. The van der Waals surface area contributed by atoms with Crippen LogP contribution in [-0.2, 0) is 23.0 Å². The van der Waals surface area contributed by atoms with Crippen molar-refractivity contribution in [1.29, 1.82) is 0 Å². The molecule has 2 aliphatic carbocycles. The van der Waals surface area contributed by atoms with E-state index in [4.69, 9.17) is 4.74 Å². The average molecular weight is 334 g/mol. The van der Waals surface area contributed by atoms with Gasteiger partial charge in [-0.1, -0.05) is 42.5 Å². The first-order chi connectivity index (χ1) is 12.2. The molecule has 1 nitrogen and oxygen atoms in total. The summed E-state index contributed by atoms with van der Waals surface area (Å²) >= 11 is 0. The largest absolute Gasteiger partial charge is 0.498 e. The molecule has 0 aromatic heterocycles. The highest BCUT2D eigenvalue weighted by Gasteiger charge is 2.41. The van der Waals surface area contributed by atoms with Crippen LogP contribution in [0.4, 0.5) is 4.39 Å². The predicted octanol–water partition coefficient (Wildman–Crippen LogP) is 5.50. The van der Waals surface area contributed by atoms with Crippen molar-refractivity contribution < 1.29 is 9.13 Å². The summed E-state index contributed by atoms with van der Waals surface area (Å²) in [4.78, 5) is 0. The van der Waals surface area contributed by atoms with Gasteiger partial charge in [-0.05, 0) is 66.7 Å². The fourth-order valence-electron chi connectivity index (χ4n) is 4.36. The van der Waals surface area contributed by atoms with Crippen LogP contribution in [0, 0.1) is 5.82 Å². The second kappa shape index (κ2) is 6.51. The first-order valence-electron chi connectivity index (χ1n) is 9.08. The second-order valence-corrected chi connectivity index (χ2v) is 6.95. The molecule has 0 N–H and O–H groups in total. The molecule has 0 aliphatic heterocycles. The number of halogens is 1. The van der Waals surface area contributed by atoms with Crippen molar-refractivity contribution in [3.05, 3.63) is 94.5 Å². The maximum absolute atomic E-state index is 13.8. The molecule has 0 saturated carbocycles. The molecule has 4 rings (SSSR count). The number of rotatable bonds is 4. The summed E-state index contributed by atoms with van der Waals surface area (Å²) in [6, 6.07) is 15.9. The molecule has 0 saturated heterocycles. The molecule has 1 unspecified atom stereocenters. The quantitative estimate of drug-likeness (QED) is 0.717. The molecular formula is C23H23FO. The fraction of sp³-hybridized carbons (Fsp3) is 0.304. The van der Waals surface area contributed by atoms with E-state index in [1.807, 2.05) is 13.0 Å². The van der Waals surface area contributed by atoms with Crippen molar-refractivity contribution in [2.45, 2.75) is 38.0 Å². The van der Waals surface area contributed by atoms with E-state index in [-0.39, 0.29) is 11.2 Å². The van der Waals surface area contributed by atoms with Gasteiger partial charge in [0.2, 0.25) is 0 Å². The van der Waals surface area contributed by atoms with Crippen LogP contribution in [-0.4, -0.2) is 6.61 Å². The highest BCUT2D eigenvalue weighted by Crippen LogP contribution is 2.48. The van der Waals surface area contributed by atoms with Crippen molar-refractivity contribution in [3.63, 3.8) is 0 Å². The zero-order valence-electron chi connectivity index (χ0n) is 14.6. The third-order valence-electron chi connectivity index (χ3n) is 5.47. The summed E-state index contributed by atoms with van der Waals surface area (Å²) in [5.74, 6) is 0.926. The molecule has 128 valence electrons. The lowest BCUT2D eigenvalue weighted by Crippen LogP contribution is -2.36. The maximum Gasteiger partial charge on any atom is 0.123 e. The van der Waals surface area contributed by atoms with E-state index in [1.165, 1.54) is 16.7 Å². The normalized spacial score (nSPS) is 21.7. The van der Waals surface area contributed by atoms with Crippen LogP contribution in [0.1, 0.15) is 36.5 Å². The lowest BCUT2D eigenvalue weighted by Gasteiger charge is -2.43. The molecule has 25 heavy (non-hydrogen) atoms. The van der Waals surface area contributed by atoms with Crippen molar-refractivity contribution in [2.75, 3.05) is 6.61 Å². The smallest absolute Gasteiger partial charge is 0.123 e. The van der Waals surface area contributed by atoms with E-state index in [0.29, 0.717) is 6.61 Å². The Morgan fingerprint density at radius 3 is 2.76 bits per heavy atom. The summed E-state index contributed by atoms with van der Waals surface area (Å²) in [7, 11) is 0. The molecule has 0 fully saturated rings. The van der Waals surface area contributed by atoms with E-state index in [1.54, 1.807) is 12.1 Å². The first-order valence-corrected chi connectivity index (χ1v) is 9.08. The summed E-state index contributed by atoms with van der Waals surface area (Å²) in [6.07, 6.45) is 8.14. The summed E-state index contributed by atoms with van der Waals surface area (Å²) in [5, 5.41) is 0. The van der Waals surface area contributed by atoms with Gasteiger partial charge in [0, 0.05) is 11.8 Å². The Morgan fingerprint density at radius 2 is 1.96 bits per heavy atom. The summed E-state index contributed by atoms with van der Waals surface area (Å²) in [6.45, 7) is 2.73. The molecule has 1 atom stereocenters. The Hall–Kier alpha value is -2.35. The molecule has 0 spiro atoms. The molecule has 2 heteroatoms. The van der Waals surface area contributed by atoms with Crippen molar-refractivity contribution >= 4 is 0 Å². The molecule has 0 bridgehead atoms. The van der Waals surface area contributed by atoms with Gasteiger partial charge in [0.25, 0.3) is 0 Å². The molecule has 2 aliphatic rings. The highest BCUT2D eigenvalue weighted by atomic mass is 19.1. The van der Waals surface area contributed by atoms with E-state index >= 15 is 0 Å². The Morgan fingerprint density at radius 1 is 1.12 bits per heavy atom. The average Bonchev–Trinajstić information content (AvgIpc) is 2.63. The number of hydrogen-bond acceptors (Lipinski definition) is 1. The van der Waals surface area contributed by atoms with Crippen molar-refractivity contribution in [1.82, 2.24) is 0 Å². The van der Waals surface area contributed by atoms with E-state index < -0.39 is 0 Å². The Labute approximate surface area is 148 Å². The Kier molecular flexibility index (Phi) is 4.20. The van der Waals surface area contributed by atoms with Crippen LogP contribution in [0.15, 0.2) is 72.0 Å². The van der Waals surface area contributed by atoms with Gasteiger partial charge in [-0.25, -0.2) is 4.39 Å². The SMILES string of the molecule is CCOC1=CC2=CCc3cc(F)ccc3C2(Cc2ccccc2)CC1. The number of hydrogen-bond donors (Lipinski definition) is 0. The minimum Gasteiger partial charge on any atom is -0.498 e. The lowest BCUT2D eigenvalue weighted by molar-refractivity contribution is 0.204. The minimum atomic E-state index is -0.146. The lowest BCUT2D eigenvalue weighted by atomic mass is 9.61. The van der Waals surface area contributed by atoms with Gasteiger partial charge in [0.05, 0.1) is 12.4 Å². The van der Waals surface area contributed by atoms with Crippen LogP contribution in [0.25, 0.3) is 0 Å². The van der Waals surface area contributed by atoms with E-state index in [2.05, 4.69) is 42.5 Å². The standard InChI is InChI=1S/C23H23FO/c1-2-25-21-12-13-23(16-17-6-4-3-5-7-17)19(15-21)9-8-18-14-20(24)10-11-22(18)23/h3-7,9-11,14-15H,2,8,12-13,16H2,1H3. The summed E-state index contributed by atoms with van der Waals surface area (Å²) in [5.41, 5.74) is 4.96. The van der Waals surface area contributed by atoms with Crippen LogP contribution in [0.3, 0.4) is 0 Å². The molecule has 2 aromatic carbocycles. The van der Waals surface area contributed by atoms with Crippen molar-refractivity contribution in [2.24, 2.45) is 0 Å². The van der Waals surface area contributed by atoms with Crippen LogP contribution in [0.5, 0.6) is 0 Å². The Bertz CT molecular complexity index is 834. The van der Waals surface area contributed by atoms with Gasteiger partial charge < -0.3 is 4.74 Å². The first kappa shape index (κ1) is 16.1. The predicted molar refractivity (Wildman–Crippen MR) is 99.0 cm³/mol. The summed E-state index contributed by atoms with van der Waals surface area (Å²) < 4.78 is 19.6. The van der Waals surface area contributed by atoms with Gasteiger partial charge in [-0.2, -0.15) is 0 Å². The molecule has 0 heterocycles. The monoisotopic (exact) mass is 334 g/mol. The molecule has 0 radical (unpaired) electrons. The van der Waals surface area contributed by atoms with Gasteiger partial charge in [-0.15, -0.1) is 0 Å². The number of fused-ring (bicyclic) bond motifs is 3. The van der Waals surface area contributed by atoms with Gasteiger partial charge >= 0.3 is 0 Å². The minimum absolute atomic E-state index is 0.0801. The topological polar surface area (TPSA) is 9.23 Å². The maximum atomic E-state index is 13.8. The Balaban J connectivity index is 1.82. The third-order valence-corrected chi connectivity index (χ3v) is 5.47. The molecule has 2 aromatic rings. The van der Waals surface area contributed by atoms with Gasteiger partial charge in [0.1, 0.15) is 5.82 Å².